The van der Waals surface area contributed by atoms with Crippen molar-refractivity contribution in [3.63, 3.8) is 0 Å². The minimum absolute atomic E-state index is 0.00393. The maximum Gasteiger partial charge on any atom is 0.229 e. The maximum atomic E-state index is 13.3. The molecule has 5 fully saturated rings. The van der Waals surface area contributed by atoms with Crippen molar-refractivity contribution in [2.45, 2.75) is 76.9 Å². The fraction of sp³-hybridized carbons (Fsp3) is 0.944. The highest BCUT2D eigenvalue weighted by Gasteiger charge is 2.56. The van der Waals surface area contributed by atoms with Gasteiger partial charge in [0, 0.05) is 12.6 Å². The molecule has 1 aliphatic heterocycles. The predicted molar refractivity (Wildman–Crippen MR) is 81.6 cm³/mol. The maximum absolute atomic E-state index is 13.3. The van der Waals surface area contributed by atoms with E-state index in [-0.39, 0.29) is 11.5 Å². The van der Waals surface area contributed by atoms with Gasteiger partial charge in [0.1, 0.15) is 0 Å². The van der Waals surface area contributed by atoms with Gasteiger partial charge < -0.3 is 10.0 Å². The van der Waals surface area contributed by atoms with Gasteiger partial charge in [-0.3, -0.25) is 4.79 Å². The molecule has 1 amide bonds. The number of carbonyl (C=O) groups is 1. The summed E-state index contributed by atoms with van der Waals surface area (Å²) in [5.74, 6) is 2.96. The average Bonchev–Trinajstić information content (AvgIpc) is 2.83. The van der Waals surface area contributed by atoms with Gasteiger partial charge in [-0.15, -0.1) is 0 Å². The van der Waals surface area contributed by atoms with Gasteiger partial charge in [-0.2, -0.15) is 0 Å². The smallest absolute Gasteiger partial charge is 0.229 e. The van der Waals surface area contributed by atoms with Crippen LogP contribution >= 0.6 is 0 Å². The van der Waals surface area contributed by atoms with E-state index in [9.17, 15) is 9.90 Å². The average molecular weight is 291 g/mol. The Labute approximate surface area is 128 Å². The Bertz CT molecular complexity index is 396. The van der Waals surface area contributed by atoms with Gasteiger partial charge in [-0.05, 0) is 82.5 Å². The van der Waals surface area contributed by atoms with E-state index in [0.29, 0.717) is 11.9 Å². The van der Waals surface area contributed by atoms with Crippen molar-refractivity contribution in [3.05, 3.63) is 0 Å². The number of carbonyl (C=O) groups excluding carboxylic acids is 1. The molecule has 4 saturated carbocycles. The first-order chi connectivity index (χ1) is 10.1. The quantitative estimate of drug-likeness (QED) is 0.868. The van der Waals surface area contributed by atoms with Crippen LogP contribution in [0, 0.1) is 23.2 Å². The van der Waals surface area contributed by atoms with Crippen molar-refractivity contribution in [2.24, 2.45) is 23.2 Å². The van der Waals surface area contributed by atoms with E-state index in [2.05, 4.69) is 4.90 Å². The fourth-order valence-electron chi connectivity index (χ4n) is 6.42. The van der Waals surface area contributed by atoms with Gasteiger partial charge in [-0.1, -0.05) is 0 Å². The van der Waals surface area contributed by atoms with Crippen LogP contribution in [0.5, 0.6) is 0 Å². The Balaban J connectivity index is 1.54. The Morgan fingerprint density at radius 1 is 1.19 bits per heavy atom. The molecule has 0 aromatic heterocycles. The summed E-state index contributed by atoms with van der Waals surface area (Å²) in [4.78, 5) is 15.5. The van der Waals surface area contributed by atoms with E-state index in [1.807, 2.05) is 6.92 Å². The topological polar surface area (TPSA) is 40.5 Å². The summed E-state index contributed by atoms with van der Waals surface area (Å²) in [7, 11) is 0. The fourth-order valence-corrected chi connectivity index (χ4v) is 6.42. The van der Waals surface area contributed by atoms with E-state index in [4.69, 9.17) is 0 Å². The lowest BCUT2D eigenvalue weighted by molar-refractivity contribution is -0.159. The minimum Gasteiger partial charge on any atom is -0.393 e. The standard InChI is InChI=1S/C18H29NO2/c1-12(20)5-16-3-2-4-19(16)17(21)18-9-13-6-14(10-18)8-15(7-13)11-18/h12-16,20H,2-11H2,1H3. The SMILES string of the molecule is CC(O)CC1CCCN1C(=O)C12CC3CC(CC(C3)C1)C2. The minimum atomic E-state index is -0.292. The lowest BCUT2D eigenvalue weighted by atomic mass is 9.49. The summed E-state index contributed by atoms with van der Waals surface area (Å²) in [6.07, 6.45) is 10.3. The van der Waals surface area contributed by atoms with Gasteiger partial charge in [-0.25, -0.2) is 0 Å². The molecule has 1 N–H and O–H groups in total. The number of likely N-dealkylation sites (tertiary alicyclic amines) is 1. The Morgan fingerprint density at radius 2 is 1.76 bits per heavy atom. The first kappa shape index (κ1) is 14.0. The lowest BCUT2D eigenvalue weighted by Crippen LogP contribution is -2.55. The first-order valence-corrected chi connectivity index (χ1v) is 9.05. The number of hydrogen-bond donors (Lipinski definition) is 1. The van der Waals surface area contributed by atoms with Gasteiger partial charge in [0.05, 0.1) is 11.5 Å². The highest BCUT2D eigenvalue weighted by Crippen LogP contribution is 2.60. The molecule has 3 heteroatoms. The molecule has 2 atom stereocenters. The third-order valence-corrected chi connectivity index (χ3v) is 6.74. The summed E-state index contributed by atoms with van der Waals surface area (Å²) in [6.45, 7) is 2.78. The van der Waals surface area contributed by atoms with Gasteiger partial charge in [0.15, 0.2) is 0 Å². The van der Waals surface area contributed by atoms with Crippen molar-refractivity contribution < 1.29 is 9.90 Å². The van der Waals surface area contributed by atoms with Gasteiger partial charge >= 0.3 is 0 Å². The molecule has 21 heavy (non-hydrogen) atoms. The number of hydrogen-bond acceptors (Lipinski definition) is 2. The molecule has 0 radical (unpaired) electrons. The van der Waals surface area contributed by atoms with E-state index in [1.54, 1.807) is 0 Å². The zero-order valence-corrected chi connectivity index (χ0v) is 13.3. The lowest BCUT2D eigenvalue weighted by Gasteiger charge is -2.56. The normalized spacial score (nSPS) is 46.1. The summed E-state index contributed by atoms with van der Waals surface area (Å²) in [6, 6.07) is 0.297. The first-order valence-electron chi connectivity index (χ1n) is 9.05. The van der Waals surface area contributed by atoms with Crippen LogP contribution in [0.15, 0.2) is 0 Å². The monoisotopic (exact) mass is 291 g/mol. The molecule has 0 aromatic rings. The van der Waals surface area contributed by atoms with Crippen LogP contribution in [0.4, 0.5) is 0 Å². The zero-order chi connectivity index (χ0) is 14.6. The number of amides is 1. The van der Waals surface area contributed by atoms with Crippen molar-refractivity contribution in [1.29, 1.82) is 0 Å². The number of aliphatic hydroxyl groups excluding tert-OH is 1. The van der Waals surface area contributed by atoms with Crippen LogP contribution in [-0.2, 0) is 4.79 Å². The highest BCUT2D eigenvalue weighted by molar-refractivity contribution is 5.84. The molecule has 3 nitrogen and oxygen atoms in total. The van der Waals surface area contributed by atoms with E-state index >= 15 is 0 Å². The third-order valence-electron chi connectivity index (χ3n) is 6.74. The molecule has 4 aliphatic carbocycles. The molecule has 5 aliphatic rings. The van der Waals surface area contributed by atoms with Crippen LogP contribution in [-0.4, -0.2) is 34.6 Å². The molecule has 5 rings (SSSR count). The molecule has 1 saturated heterocycles. The molecule has 1 heterocycles. The van der Waals surface area contributed by atoms with Crippen molar-refractivity contribution in [3.8, 4) is 0 Å². The molecular weight excluding hydrogens is 262 g/mol. The van der Waals surface area contributed by atoms with E-state index in [1.165, 1.54) is 19.3 Å². The number of rotatable bonds is 3. The van der Waals surface area contributed by atoms with Gasteiger partial charge in [0.2, 0.25) is 5.91 Å². The largest absolute Gasteiger partial charge is 0.393 e. The molecule has 2 unspecified atom stereocenters. The molecule has 4 bridgehead atoms. The molecule has 0 spiro atoms. The second kappa shape index (κ2) is 4.97. The summed E-state index contributed by atoms with van der Waals surface area (Å²) in [5.41, 5.74) is -0.00393. The van der Waals surface area contributed by atoms with Crippen LogP contribution in [0.1, 0.15) is 64.7 Å². The van der Waals surface area contributed by atoms with Crippen LogP contribution < -0.4 is 0 Å². The van der Waals surface area contributed by atoms with E-state index < -0.39 is 0 Å². The van der Waals surface area contributed by atoms with Crippen LogP contribution in [0.3, 0.4) is 0 Å². The molecule has 118 valence electrons. The van der Waals surface area contributed by atoms with Gasteiger partial charge in [0.25, 0.3) is 0 Å². The summed E-state index contributed by atoms with van der Waals surface area (Å²) in [5, 5.41) is 9.71. The summed E-state index contributed by atoms with van der Waals surface area (Å²) < 4.78 is 0. The number of nitrogens with zero attached hydrogens (tertiary/aromatic N) is 1. The predicted octanol–water partition coefficient (Wildman–Crippen LogP) is 2.96. The van der Waals surface area contributed by atoms with Crippen molar-refractivity contribution in [1.82, 2.24) is 4.90 Å². The Morgan fingerprint density at radius 3 is 2.29 bits per heavy atom. The second-order valence-electron chi connectivity index (χ2n) is 8.58. The van der Waals surface area contributed by atoms with Crippen molar-refractivity contribution in [2.75, 3.05) is 6.54 Å². The van der Waals surface area contributed by atoms with Crippen LogP contribution in [0.25, 0.3) is 0 Å². The van der Waals surface area contributed by atoms with E-state index in [0.717, 1.165) is 62.8 Å². The Kier molecular flexibility index (Phi) is 3.33. The number of aliphatic hydroxyl groups is 1. The zero-order valence-electron chi connectivity index (χ0n) is 13.3. The Hall–Kier alpha value is -0.570. The van der Waals surface area contributed by atoms with Crippen molar-refractivity contribution >= 4 is 5.91 Å². The molecule has 0 aromatic carbocycles. The molecular formula is C18H29NO2. The van der Waals surface area contributed by atoms with Crippen LogP contribution in [0.2, 0.25) is 0 Å². The highest BCUT2D eigenvalue weighted by atomic mass is 16.3. The summed E-state index contributed by atoms with van der Waals surface area (Å²) >= 11 is 0. The second-order valence-corrected chi connectivity index (χ2v) is 8.58. The third kappa shape index (κ3) is 2.32.